The van der Waals surface area contributed by atoms with Gasteiger partial charge in [-0.25, -0.2) is 16.8 Å². The SMILES string of the molecule is CCN(CC)S(=O)(=O)c1ccc(S(=O)(=O)N2CCCC(C(=O)N(C3CC3)C3CC3)C2)cc1. The molecular formula is C22H33N3O5S2. The lowest BCUT2D eigenvalue weighted by molar-refractivity contribution is -0.137. The van der Waals surface area contributed by atoms with E-state index in [9.17, 15) is 21.6 Å². The van der Waals surface area contributed by atoms with Crippen LogP contribution in [-0.4, -0.2) is 74.5 Å². The van der Waals surface area contributed by atoms with Gasteiger partial charge < -0.3 is 4.90 Å². The van der Waals surface area contributed by atoms with Crippen LogP contribution in [0.25, 0.3) is 0 Å². The number of piperidine rings is 1. The number of sulfonamides is 2. The van der Waals surface area contributed by atoms with Gasteiger partial charge >= 0.3 is 0 Å². The number of rotatable bonds is 9. The third-order valence-corrected chi connectivity index (χ3v) is 10.6. The Bertz CT molecular complexity index is 1030. The lowest BCUT2D eigenvalue weighted by atomic mass is 9.98. The summed E-state index contributed by atoms with van der Waals surface area (Å²) < 4.78 is 54.6. The molecule has 0 radical (unpaired) electrons. The molecule has 1 aromatic rings. The fourth-order valence-electron chi connectivity index (χ4n) is 4.58. The van der Waals surface area contributed by atoms with Gasteiger partial charge in [0, 0.05) is 38.3 Å². The molecule has 1 heterocycles. The van der Waals surface area contributed by atoms with E-state index in [0.29, 0.717) is 44.6 Å². The molecule has 1 unspecified atom stereocenters. The van der Waals surface area contributed by atoms with Gasteiger partial charge in [0.05, 0.1) is 15.7 Å². The fraction of sp³-hybridized carbons (Fsp3) is 0.682. The molecule has 3 fully saturated rings. The zero-order valence-electron chi connectivity index (χ0n) is 18.8. The maximum absolute atomic E-state index is 13.3. The third-order valence-electron chi connectivity index (χ3n) is 6.67. The molecule has 1 atom stereocenters. The van der Waals surface area contributed by atoms with Gasteiger partial charge in [-0.2, -0.15) is 8.61 Å². The minimum absolute atomic E-state index is 0.0605. The average Bonchev–Trinajstić information content (AvgIpc) is 3.70. The van der Waals surface area contributed by atoms with E-state index in [-0.39, 0.29) is 28.2 Å². The monoisotopic (exact) mass is 483 g/mol. The number of nitrogens with zero attached hydrogens (tertiary/aromatic N) is 3. The summed E-state index contributed by atoms with van der Waals surface area (Å²) in [5.74, 6) is -0.197. The predicted octanol–water partition coefficient (Wildman–Crippen LogP) is 2.27. The Morgan fingerprint density at radius 1 is 0.906 bits per heavy atom. The largest absolute Gasteiger partial charge is 0.336 e. The summed E-state index contributed by atoms with van der Waals surface area (Å²) in [6.07, 6.45) is 5.58. The number of carbonyl (C=O) groups is 1. The molecular weight excluding hydrogens is 450 g/mol. The van der Waals surface area contributed by atoms with E-state index in [0.717, 1.165) is 25.7 Å². The first-order valence-corrected chi connectivity index (χ1v) is 14.5. The van der Waals surface area contributed by atoms with Crippen molar-refractivity contribution in [2.45, 2.75) is 74.2 Å². The van der Waals surface area contributed by atoms with E-state index in [1.807, 2.05) is 4.90 Å². The highest BCUT2D eigenvalue weighted by Crippen LogP contribution is 2.39. The molecule has 0 bridgehead atoms. The van der Waals surface area contributed by atoms with E-state index < -0.39 is 20.0 Å². The van der Waals surface area contributed by atoms with Crippen LogP contribution in [0.2, 0.25) is 0 Å². The van der Waals surface area contributed by atoms with Gasteiger partial charge in [0.25, 0.3) is 0 Å². The summed E-state index contributed by atoms with van der Waals surface area (Å²) in [6, 6.07) is 6.13. The van der Waals surface area contributed by atoms with Crippen LogP contribution in [0.1, 0.15) is 52.4 Å². The molecule has 1 aromatic carbocycles. The topological polar surface area (TPSA) is 95.1 Å². The van der Waals surface area contributed by atoms with Gasteiger partial charge in [0.15, 0.2) is 0 Å². The van der Waals surface area contributed by atoms with E-state index in [1.54, 1.807) is 13.8 Å². The average molecular weight is 484 g/mol. The zero-order chi connectivity index (χ0) is 23.1. The third kappa shape index (κ3) is 4.60. The summed E-state index contributed by atoms with van der Waals surface area (Å²) in [5, 5.41) is 0. The Kier molecular flexibility index (Phi) is 6.68. The van der Waals surface area contributed by atoms with Crippen LogP contribution in [0.5, 0.6) is 0 Å². The van der Waals surface area contributed by atoms with Gasteiger partial charge in [0.2, 0.25) is 26.0 Å². The van der Waals surface area contributed by atoms with Crippen molar-refractivity contribution in [2.24, 2.45) is 5.92 Å². The van der Waals surface area contributed by atoms with Crippen LogP contribution in [0.3, 0.4) is 0 Å². The molecule has 2 aliphatic carbocycles. The van der Waals surface area contributed by atoms with Crippen LogP contribution in [0.15, 0.2) is 34.1 Å². The minimum atomic E-state index is -3.80. The van der Waals surface area contributed by atoms with Crippen molar-refractivity contribution in [1.29, 1.82) is 0 Å². The summed E-state index contributed by atoms with van der Waals surface area (Å²) >= 11 is 0. The zero-order valence-corrected chi connectivity index (χ0v) is 20.4. The minimum Gasteiger partial charge on any atom is -0.336 e. The number of amides is 1. The molecule has 1 aliphatic heterocycles. The Hall–Kier alpha value is -1.49. The highest BCUT2D eigenvalue weighted by Gasteiger charge is 2.45. The smallest absolute Gasteiger partial charge is 0.243 e. The molecule has 4 rings (SSSR count). The molecule has 10 heteroatoms. The molecule has 1 saturated heterocycles. The van der Waals surface area contributed by atoms with Gasteiger partial charge in [-0.3, -0.25) is 4.79 Å². The van der Waals surface area contributed by atoms with E-state index in [1.165, 1.54) is 32.9 Å². The summed E-state index contributed by atoms with van der Waals surface area (Å²) in [5.41, 5.74) is 0. The maximum Gasteiger partial charge on any atom is 0.243 e. The molecule has 0 aromatic heterocycles. The van der Waals surface area contributed by atoms with Crippen LogP contribution in [0.4, 0.5) is 0 Å². The second-order valence-electron chi connectivity index (χ2n) is 8.97. The van der Waals surface area contributed by atoms with Gasteiger partial charge in [-0.05, 0) is 62.8 Å². The first-order valence-electron chi connectivity index (χ1n) is 11.6. The van der Waals surface area contributed by atoms with Gasteiger partial charge in [-0.15, -0.1) is 0 Å². The lowest BCUT2D eigenvalue weighted by Crippen LogP contribution is -2.48. The predicted molar refractivity (Wildman–Crippen MR) is 121 cm³/mol. The molecule has 32 heavy (non-hydrogen) atoms. The van der Waals surface area contributed by atoms with Crippen LogP contribution >= 0.6 is 0 Å². The molecule has 0 N–H and O–H groups in total. The summed E-state index contributed by atoms with van der Waals surface area (Å²) in [7, 11) is -7.45. The van der Waals surface area contributed by atoms with Crippen molar-refractivity contribution in [3.63, 3.8) is 0 Å². The Balaban J connectivity index is 1.49. The maximum atomic E-state index is 13.3. The number of carbonyl (C=O) groups excluding carboxylic acids is 1. The fourth-order valence-corrected chi connectivity index (χ4v) is 7.56. The first kappa shape index (κ1) is 23.7. The standard InChI is InChI=1S/C22H33N3O5S2/c1-3-23(4-2)31(27,28)20-11-13-21(14-12-20)32(29,30)24-15-5-6-17(16-24)22(26)25(18-7-8-18)19-9-10-19/h11-14,17-19H,3-10,15-16H2,1-2H3. The van der Waals surface area contributed by atoms with E-state index in [2.05, 4.69) is 0 Å². The van der Waals surface area contributed by atoms with Crippen LogP contribution in [-0.2, 0) is 24.8 Å². The van der Waals surface area contributed by atoms with Crippen molar-refractivity contribution < 1.29 is 21.6 Å². The van der Waals surface area contributed by atoms with E-state index in [4.69, 9.17) is 0 Å². The van der Waals surface area contributed by atoms with Crippen LogP contribution < -0.4 is 0 Å². The van der Waals surface area contributed by atoms with E-state index >= 15 is 0 Å². The Labute approximate surface area is 191 Å². The van der Waals surface area contributed by atoms with Crippen molar-refractivity contribution >= 4 is 26.0 Å². The molecule has 178 valence electrons. The van der Waals surface area contributed by atoms with Crippen molar-refractivity contribution in [1.82, 2.24) is 13.5 Å². The summed E-state index contributed by atoms with van der Waals surface area (Å²) in [6.45, 7) is 4.79. The molecule has 1 amide bonds. The quantitative estimate of drug-likeness (QED) is 0.537. The number of benzene rings is 1. The first-order chi connectivity index (χ1) is 15.2. The Morgan fingerprint density at radius 3 is 1.94 bits per heavy atom. The number of hydrogen-bond donors (Lipinski definition) is 0. The van der Waals surface area contributed by atoms with Crippen LogP contribution in [0, 0.1) is 5.92 Å². The Morgan fingerprint density at radius 2 is 1.44 bits per heavy atom. The molecule has 8 nitrogen and oxygen atoms in total. The van der Waals surface area contributed by atoms with Gasteiger partial charge in [0.1, 0.15) is 0 Å². The van der Waals surface area contributed by atoms with Crippen molar-refractivity contribution in [3.8, 4) is 0 Å². The second-order valence-corrected chi connectivity index (χ2v) is 12.8. The second kappa shape index (κ2) is 9.04. The normalized spacial score (nSPS) is 22.8. The van der Waals surface area contributed by atoms with Gasteiger partial charge in [-0.1, -0.05) is 13.8 Å². The summed E-state index contributed by atoms with van der Waals surface area (Å²) in [4.78, 5) is 15.4. The molecule has 2 saturated carbocycles. The number of hydrogen-bond acceptors (Lipinski definition) is 5. The highest BCUT2D eigenvalue weighted by molar-refractivity contribution is 7.89. The van der Waals surface area contributed by atoms with Crippen molar-refractivity contribution in [2.75, 3.05) is 26.2 Å². The molecule has 3 aliphatic rings. The van der Waals surface area contributed by atoms with Crippen molar-refractivity contribution in [3.05, 3.63) is 24.3 Å². The highest BCUT2D eigenvalue weighted by atomic mass is 32.2. The molecule has 0 spiro atoms. The lowest BCUT2D eigenvalue weighted by Gasteiger charge is -2.34.